The van der Waals surface area contributed by atoms with Gasteiger partial charge in [-0.15, -0.1) is 10.2 Å². The number of rotatable bonds is 7. The molecule has 9 heteroatoms. The zero-order chi connectivity index (χ0) is 20.8. The zero-order valence-corrected chi connectivity index (χ0v) is 17.5. The molecule has 2 aromatic heterocycles. The fourth-order valence-electron chi connectivity index (χ4n) is 3.17. The molecule has 3 aromatic rings. The number of pyridine rings is 1. The van der Waals surface area contributed by atoms with Crippen LogP contribution in [0.3, 0.4) is 0 Å². The van der Waals surface area contributed by atoms with Crippen LogP contribution in [0.2, 0.25) is 0 Å². The lowest BCUT2D eigenvalue weighted by atomic mass is 10.2. The summed E-state index contributed by atoms with van der Waals surface area (Å²) in [4.78, 5) is 18.6. The molecule has 0 atom stereocenters. The van der Waals surface area contributed by atoms with Crippen LogP contribution in [0, 0.1) is 0 Å². The molecule has 3 heterocycles. The Labute approximate surface area is 179 Å². The number of morpholine rings is 1. The minimum atomic E-state index is 0.0764. The average Bonchev–Trinajstić information content (AvgIpc) is 3.23. The second-order valence-corrected chi connectivity index (χ2v) is 7.53. The lowest BCUT2D eigenvalue weighted by molar-refractivity contribution is -0.132. The molecule has 0 N–H and O–H groups in total. The van der Waals surface area contributed by atoms with Crippen LogP contribution in [0.5, 0.6) is 5.75 Å². The summed E-state index contributed by atoms with van der Waals surface area (Å²) < 4.78 is 12.8. The molecule has 4 rings (SSSR count). The van der Waals surface area contributed by atoms with Gasteiger partial charge >= 0.3 is 0 Å². The maximum absolute atomic E-state index is 12.6. The van der Waals surface area contributed by atoms with E-state index in [0.717, 1.165) is 17.0 Å². The van der Waals surface area contributed by atoms with Gasteiger partial charge in [0.05, 0.1) is 25.6 Å². The Kier molecular flexibility index (Phi) is 6.60. The first-order valence-corrected chi connectivity index (χ1v) is 10.8. The van der Waals surface area contributed by atoms with E-state index in [1.807, 2.05) is 52.8 Å². The first kappa shape index (κ1) is 20.4. The number of hydrogen-bond donors (Lipinski definition) is 0. The standard InChI is InChI=1S/C21H23N5O3S/c1-2-29-18-7-5-17(6-8-18)26-20(16-4-3-9-22-14-16)23-24-21(26)30-15-19(27)25-10-12-28-13-11-25/h3-9,14H,2,10-13,15H2,1H3. The highest BCUT2D eigenvalue weighted by Crippen LogP contribution is 2.28. The van der Waals surface area contributed by atoms with Gasteiger partial charge in [-0.3, -0.25) is 14.3 Å². The van der Waals surface area contributed by atoms with Gasteiger partial charge in [0.1, 0.15) is 5.75 Å². The summed E-state index contributed by atoms with van der Waals surface area (Å²) in [5.41, 5.74) is 1.74. The second-order valence-electron chi connectivity index (χ2n) is 6.59. The Morgan fingerprint density at radius 1 is 1.17 bits per heavy atom. The van der Waals surface area contributed by atoms with E-state index in [1.165, 1.54) is 11.8 Å². The molecule has 156 valence electrons. The molecule has 30 heavy (non-hydrogen) atoms. The van der Waals surface area contributed by atoms with E-state index in [-0.39, 0.29) is 5.91 Å². The Balaban J connectivity index is 1.61. The van der Waals surface area contributed by atoms with Crippen molar-refractivity contribution in [2.24, 2.45) is 0 Å². The number of benzene rings is 1. The van der Waals surface area contributed by atoms with Crippen LogP contribution in [0.1, 0.15) is 6.92 Å². The normalized spacial score (nSPS) is 14.0. The molecule has 8 nitrogen and oxygen atoms in total. The zero-order valence-electron chi connectivity index (χ0n) is 16.7. The topological polar surface area (TPSA) is 82.4 Å². The molecular formula is C21H23N5O3S. The van der Waals surface area contributed by atoms with E-state index in [0.29, 0.717) is 49.6 Å². The molecule has 1 fully saturated rings. The third-order valence-electron chi connectivity index (χ3n) is 4.65. The van der Waals surface area contributed by atoms with Crippen LogP contribution < -0.4 is 4.74 Å². The molecule has 1 saturated heterocycles. The van der Waals surface area contributed by atoms with Crippen LogP contribution in [0.4, 0.5) is 0 Å². The predicted octanol–water partition coefficient (Wildman–Crippen LogP) is 2.68. The number of carbonyl (C=O) groups excluding carboxylic acids is 1. The smallest absolute Gasteiger partial charge is 0.233 e. The van der Waals surface area contributed by atoms with E-state index in [2.05, 4.69) is 15.2 Å². The maximum Gasteiger partial charge on any atom is 0.233 e. The molecule has 1 amide bonds. The van der Waals surface area contributed by atoms with Crippen molar-refractivity contribution in [1.82, 2.24) is 24.6 Å². The summed E-state index contributed by atoms with van der Waals surface area (Å²) in [5, 5.41) is 9.41. The van der Waals surface area contributed by atoms with Crippen LogP contribution in [0.15, 0.2) is 53.9 Å². The summed E-state index contributed by atoms with van der Waals surface area (Å²) >= 11 is 1.38. The third-order valence-corrected chi connectivity index (χ3v) is 5.56. The van der Waals surface area contributed by atoms with Gasteiger partial charge in [0.25, 0.3) is 0 Å². The summed E-state index contributed by atoms with van der Waals surface area (Å²) in [6.45, 7) is 5.00. The van der Waals surface area contributed by atoms with Gasteiger partial charge in [0.2, 0.25) is 5.91 Å². The van der Waals surface area contributed by atoms with Gasteiger partial charge in [-0.05, 0) is 43.3 Å². The third kappa shape index (κ3) is 4.63. The summed E-state index contributed by atoms with van der Waals surface area (Å²) in [7, 11) is 0. The van der Waals surface area contributed by atoms with Crippen LogP contribution >= 0.6 is 11.8 Å². The highest BCUT2D eigenvalue weighted by Gasteiger charge is 2.21. The van der Waals surface area contributed by atoms with E-state index >= 15 is 0 Å². The maximum atomic E-state index is 12.6. The van der Waals surface area contributed by atoms with Gasteiger partial charge in [-0.25, -0.2) is 0 Å². The van der Waals surface area contributed by atoms with Crippen molar-refractivity contribution in [3.63, 3.8) is 0 Å². The minimum Gasteiger partial charge on any atom is -0.494 e. The van der Waals surface area contributed by atoms with Crippen molar-refractivity contribution in [2.75, 3.05) is 38.7 Å². The number of thioether (sulfide) groups is 1. The minimum absolute atomic E-state index is 0.0764. The Bertz CT molecular complexity index is 972. The monoisotopic (exact) mass is 425 g/mol. The first-order chi connectivity index (χ1) is 14.8. The summed E-state index contributed by atoms with van der Waals surface area (Å²) in [6.07, 6.45) is 3.47. The highest BCUT2D eigenvalue weighted by molar-refractivity contribution is 7.99. The van der Waals surface area contributed by atoms with Crippen molar-refractivity contribution in [3.8, 4) is 22.8 Å². The van der Waals surface area contributed by atoms with Crippen molar-refractivity contribution in [1.29, 1.82) is 0 Å². The summed E-state index contributed by atoms with van der Waals surface area (Å²) in [5.74, 6) is 1.84. The Morgan fingerprint density at radius 2 is 1.97 bits per heavy atom. The largest absolute Gasteiger partial charge is 0.494 e. The van der Waals surface area contributed by atoms with Crippen molar-refractivity contribution in [3.05, 3.63) is 48.8 Å². The molecule has 0 radical (unpaired) electrons. The molecule has 1 aromatic carbocycles. The van der Waals surface area contributed by atoms with Gasteiger partial charge in [0.15, 0.2) is 11.0 Å². The van der Waals surface area contributed by atoms with Gasteiger partial charge in [-0.1, -0.05) is 11.8 Å². The lowest BCUT2D eigenvalue weighted by Gasteiger charge is -2.26. The number of aromatic nitrogens is 4. The molecule has 1 aliphatic heterocycles. The number of nitrogens with zero attached hydrogens (tertiary/aromatic N) is 5. The second kappa shape index (κ2) is 9.73. The highest BCUT2D eigenvalue weighted by atomic mass is 32.2. The van der Waals surface area contributed by atoms with Gasteiger partial charge in [-0.2, -0.15) is 0 Å². The van der Waals surface area contributed by atoms with E-state index < -0.39 is 0 Å². The van der Waals surface area contributed by atoms with E-state index in [4.69, 9.17) is 9.47 Å². The van der Waals surface area contributed by atoms with E-state index in [1.54, 1.807) is 12.4 Å². The quantitative estimate of drug-likeness (QED) is 0.538. The number of carbonyl (C=O) groups is 1. The van der Waals surface area contributed by atoms with Crippen molar-refractivity contribution in [2.45, 2.75) is 12.1 Å². The van der Waals surface area contributed by atoms with Crippen molar-refractivity contribution >= 4 is 17.7 Å². The Hall–Kier alpha value is -2.91. The molecule has 0 aliphatic carbocycles. The van der Waals surface area contributed by atoms with Gasteiger partial charge < -0.3 is 14.4 Å². The average molecular weight is 426 g/mol. The van der Waals surface area contributed by atoms with Crippen LogP contribution in [-0.4, -0.2) is 69.2 Å². The SMILES string of the molecule is CCOc1ccc(-n2c(SCC(=O)N3CCOCC3)nnc2-c2cccnc2)cc1. The number of ether oxygens (including phenoxy) is 2. The van der Waals surface area contributed by atoms with Crippen LogP contribution in [0.25, 0.3) is 17.1 Å². The molecule has 0 bridgehead atoms. The number of amides is 1. The molecular weight excluding hydrogens is 402 g/mol. The van der Waals surface area contributed by atoms with Gasteiger partial charge in [0, 0.05) is 36.7 Å². The fraction of sp³-hybridized carbons (Fsp3) is 0.333. The van der Waals surface area contributed by atoms with E-state index in [9.17, 15) is 4.79 Å². The molecule has 0 spiro atoms. The number of hydrogen-bond acceptors (Lipinski definition) is 7. The molecule has 0 unspecified atom stereocenters. The Morgan fingerprint density at radius 3 is 2.67 bits per heavy atom. The van der Waals surface area contributed by atoms with Crippen LogP contribution in [-0.2, 0) is 9.53 Å². The predicted molar refractivity (Wildman–Crippen MR) is 114 cm³/mol. The summed E-state index contributed by atoms with van der Waals surface area (Å²) in [6, 6.07) is 11.6. The lowest BCUT2D eigenvalue weighted by Crippen LogP contribution is -2.41. The molecule has 1 aliphatic rings. The van der Waals surface area contributed by atoms with Crippen molar-refractivity contribution < 1.29 is 14.3 Å². The molecule has 0 saturated carbocycles. The fourth-order valence-corrected chi connectivity index (χ4v) is 4.02. The first-order valence-electron chi connectivity index (χ1n) is 9.83.